The third-order valence-electron chi connectivity index (χ3n) is 5.00. The van der Waals surface area contributed by atoms with Crippen LogP contribution in [-0.4, -0.2) is 40.5 Å². The summed E-state index contributed by atoms with van der Waals surface area (Å²) in [5.41, 5.74) is 2.87. The van der Waals surface area contributed by atoms with Gasteiger partial charge in [0.05, 0.1) is 25.8 Å². The van der Waals surface area contributed by atoms with Gasteiger partial charge in [-0.05, 0) is 30.2 Å². The van der Waals surface area contributed by atoms with E-state index in [9.17, 15) is 9.18 Å². The molecule has 0 aliphatic carbocycles. The van der Waals surface area contributed by atoms with Crippen molar-refractivity contribution in [2.45, 2.75) is 19.5 Å². The zero-order valence-corrected chi connectivity index (χ0v) is 16.2. The van der Waals surface area contributed by atoms with E-state index in [1.807, 2.05) is 48.1 Å². The zero-order chi connectivity index (χ0) is 20.2. The zero-order valence-electron chi connectivity index (χ0n) is 16.2. The predicted octanol–water partition coefficient (Wildman–Crippen LogP) is 3.98. The van der Waals surface area contributed by atoms with Crippen molar-refractivity contribution >= 4 is 11.8 Å². The van der Waals surface area contributed by atoms with Crippen molar-refractivity contribution in [3.8, 4) is 0 Å². The highest BCUT2D eigenvalue weighted by Crippen LogP contribution is 2.25. The van der Waals surface area contributed by atoms with Crippen LogP contribution in [0, 0.1) is 12.7 Å². The Hall–Kier alpha value is -3.19. The van der Waals surface area contributed by atoms with E-state index >= 15 is 0 Å². The van der Waals surface area contributed by atoms with Gasteiger partial charge < -0.3 is 9.64 Å². The fraction of sp³-hybridized carbons (Fsp3) is 0.273. The Morgan fingerprint density at radius 1 is 1.21 bits per heavy atom. The summed E-state index contributed by atoms with van der Waals surface area (Å²) >= 11 is 0. The summed E-state index contributed by atoms with van der Waals surface area (Å²) in [7, 11) is 0. The fourth-order valence-corrected chi connectivity index (χ4v) is 3.48. The van der Waals surface area contributed by atoms with Gasteiger partial charge in [0.15, 0.2) is 5.82 Å². The number of amides is 2. The number of halogens is 1. The average Bonchev–Trinajstić information content (AvgIpc) is 3.08. The van der Waals surface area contributed by atoms with Crippen LogP contribution in [0.5, 0.6) is 0 Å². The van der Waals surface area contributed by atoms with E-state index in [0.717, 1.165) is 16.7 Å². The molecule has 7 heteroatoms. The molecule has 6 nitrogen and oxygen atoms in total. The number of anilines is 1. The third-order valence-corrected chi connectivity index (χ3v) is 5.00. The van der Waals surface area contributed by atoms with Gasteiger partial charge in [-0.1, -0.05) is 42.5 Å². The number of ether oxygens (including phenoxy) is 1. The molecular formula is C22H23FN4O2. The predicted molar refractivity (Wildman–Crippen MR) is 108 cm³/mol. The molecule has 0 saturated carbocycles. The van der Waals surface area contributed by atoms with E-state index < -0.39 is 0 Å². The van der Waals surface area contributed by atoms with Crippen molar-refractivity contribution < 1.29 is 13.9 Å². The Kier molecular flexibility index (Phi) is 5.57. The number of nitrogens with one attached hydrogen (secondary N) is 1. The van der Waals surface area contributed by atoms with Gasteiger partial charge in [0.2, 0.25) is 0 Å². The molecule has 1 aliphatic rings. The van der Waals surface area contributed by atoms with Crippen molar-refractivity contribution in [1.82, 2.24) is 14.7 Å². The number of urea groups is 1. The first-order chi connectivity index (χ1) is 14.1. The molecule has 4 rings (SSSR count). The fourth-order valence-electron chi connectivity index (χ4n) is 3.48. The van der Waals surface area contributed by atoms with Crippen LogP contribution in [0.2, 0.25) is 0 Å². The highest BCUT2D eigenvalue weighted by atomic mass is 19.1. The van der Waals surface area contributed by atoms with Gasteiger partial charge in [0.25, 0.3) is 0 Å². The second-order valence-corrected chi connectivity index (χ2v) is 7.11. The first-order valence-electron chi connectivity index (χ1n) is 9.59. The first-order valence-corrected chi connectivity index (χ1v) is 9.59. The highest BCUT2D eigenvalue weighted by Gasteiger charge is 2.29. The number of carbonyl (C=O) groups excluding carboxylic acids is 1. The van der Waals surface area contributed by atoms with Crippen LogP contribution in [-0.2, 0) is 11.3 Å². The van der Waals surface area contributed by atoms with Gasteiger partial charge >= 0.3 is 6.03 Å². The number of aromatic nitrogens is 2. The van der Waals surface area contributed by atoms with E-state index in [-0.39, 0.29) is 17.9 Å². The molecule has 1 aliphatic heterocycles. The van der Waals surface area contributed by atoms with Crippen LogP contribution < -0.4 is 5.32 Å². The maximum Gasteiger partial charge on any atom is 0.323 e. The molecule has 0 radical (unpaired) electrons. The van der Waals surface area contributed by atoms with Crippen molar-refractivity contribution in [3.05, 3.63) is 83.3 Å². The number of hydrogen-bond donors (Lipinski definition) is 1. The Labute approximate surface area is 168 Å². The topological polar surface area (TPSA) is 59.4 Å². The number of hydrogen-bond acceptors (Lipinski definition) is 3. The molecule has 1 aromatic heterocycles. The van der Waals surface area contributed by atoms with Gasteiger partial charge in [-0.25, -0.2) is 9.18 Å². The third kappa shape index (κ3) is 4.46. The maximum absolute atomic E-state index is 13.3. The molecular weight excluding hydrogens is 371 g/mol. The average molecular weight is 394 g/mol. The second kappa shape index (κ2) is 8.45. The molecule has 2 heterocycles. The van der Waals surface area contributed by atoms with Crippen molar-refractivity contribution in [2.75, 3.05) is 25.1 Å². The maximum atomic E-state index is 13.3. The summed E-state index contributed by atoms with van der Waals surface area (Å²) in [6.07, 6.45) is 1.92. The van der Waals surface area contributed by atoms with Crippen molar-refractivity contribution in [3.63, 3.8) is 0 Å². The van der Waals surface area contributed by atoms with Crippen molar-refractivity contribution in [2.24, 2.45) is 0 Å². The van der Waals surface area contributed by atoms with Crippen LogP contribution in [0.4, 0.5) is 15.0 Å². The Morgan fingerprint density at radius 2 is 1.97 bits per heavy atom. The lowest BCUT2D eigenvalue weighted by Gasteiger charge is -2.35. The second-order valence-electron chi connectivity index (χ2n) is 7.11. The van der Waals surface area contributed by atoms with Crippen LogP contribution in [0.3, 0.4) is 0 Å². The molecule has 1 fully saturated rings. The van der Waals surface area contributed by atoms with E-state index in [1.54, 1.807) is 17.0 Å². The minimum atomic E-state index is -0.305. The molecule has 2 aromatic carbocycles. The summed E-state index contributed by atoms with van der Waals surface area (Å²) in [6, 6.07) is 15.7. The molecule has 29 heavy (non-hydrogen) atoms. The SMILES string of the molecule is Cc1cn(Cc2ccccc2)nc1NC(=O)N1CCOCC1c1ccc(F)cc1. The number of carbonyl (C=O) groups is 1. The van der Waals surface area contributed by atoms with Gasteiger partial charge in [0, 0.05) is 18.3 Å². The minimum Gasteiger partial charge on any atom is -0.377 e. The standard InChI is InChI=1S/C22H23FN4O2/c1-16-13-26(14-17-5-3-2-4-6-17)25-21(16)24-22(28)27-11-12-29-15-20(27)18-7-9-19(23)10-8-18/h2-10,13,20H,11-12,14-15H2,1H3,(H,24,25,28). The summed E-state index contributed by atoms with van der Waals surface area (Å²) in [5.74, 6) is 0.233. The van der Waals surface area contributed by atoms with Gasteiger partial charge in [0.1, 0.15) is 5.82 Å². The number of benzene rings is 2. The molecule has 1 saturated heterocycles. The van der Waals surface area contributed by atoms with E-state index in [0.29, 0.717) is 32.1 Å². The summed E-state index contributed by atoms with van der Waals surface area (Å²) in [4.78, 5) is 14.7. The normalized spacial score (nSPS) is 16.6. The summed E-state index contributed by atoms with van der Waals surface area (Å²) in [6.45, 7) is 3.85. The highest BCUT2D eigenvalue weighted by molar-refractivity contribution is 5.89. The van der Waals surface area contributed by atoms with Crippen LogP contribution in [0.15, 0.2) is 60.8 Å². The summed E-state index contributed by atoms with van der Waals surface area (Å²) < 4.78 is 20.6. The van der Waals surface area contributed by atoms with Crippen LogP contribution in [0.25, 0.3) is 0 Å². The van der Waals surface area contributed by atoms with Gasteiger partial charge in [-0.3, -0.25) is 10.00 Å². The molecule has 150 valence electrons. The van der Waals surface area contributed by atoms with Crippen molar-refractivity contribution in [1.29, 1.82) is 0 Å². The minimum absolute atomic E-state index is 0.240. The lowest BCUT2D eigenvalue weighted by molar-refractivity contribution is 0.0147. The lowest BCUT2D eigenvalue weighted by Crippen LogP contribution is -2.45. The van der Waals surface area contributed by atoms with Gasteiger partial charge in [-0.15, -0.1) is 0 Å². The van der Waals surface area contributed by atoms with E-state index in [2.05, 4.69) is 10.4 Å². The lowest BCUT2D eigenvalue weighted by atomic mass is 10.1. The molecule has 0 spiro atoms. The molecule has 2 amide bonds. The molecule has 1 N–H and O–H groups in total. The smallest absolute Gasteiger partial charge is 0.323 e. The number of aryl methyl sites for hydroxylation is 1. The Bertz CT molecular complexity index is 972. The van der Waals surface area contributed by atoms with E-state index in [4.69, 9.17) is 4.74 Å². The number of rotatable bonds is 4. The molecule has 0 bridgehead atoms. The van der Waals surface area contributed by atoms with Crippen LogP contribution >= 0.6 is 0 Å². The largest absolute Gasteiger partial charge is 0.377 e. The number of morpholine rings is 1. The first kappa shape index (κ1) is 19.1. The Morgan fingerprint density at radius 3 is 2.72 bits per heavy atom. The quantitative estimate of drug-likeness (QED) is 0.728. The molecule has 1 atom stereocenters. The van der Waals surface area contributed by atoms with E-state index in [1.165, 1.54) is 12.1 Å². The summed E-state index contributed by atoms with van der Waals surface area (Å²) in [5, 5.41) is 7.45. The number of nitrogens with zero attached hydrogens (tertiary/aromatic N) is 3. The molecule has 1 unspecified atom stereocenters. The Balaban J connectivity index is 1.48. The molecule has 3 aromatic rings. The van der Waals surface area contributed by atoms with Crippen LogP contribution in [0.1, 0.15) is 22.7 Å². The monoisotopic (exact) mass is 394 g/mol. The van der Waals surface area contributed by atoms with Gasteiger partial charge in [-0.2, -0.15) is 5.10 Å².